The zero-order chi connectivity index (χ0) is 18.0. The number of nitrogens with one attached hydrogen (secondary N) is 1. The molecule has 1 saturated heterocycles. The Morgan fingerprint density at radius 1 is 1.08 bits per heavy atom. The second-order valence-corrected chi connectivity index (χ2v) is 6.58. The maximum atomic E-state index is 12.4. The quantitative estimate of drug-likeness (QED) is 0.842. The standard InChI is InChI=1S/C18H23N3O4/c1-12-4-3-5-13(10-12)19-18(24)21-8-6-20(7-9-21)16(22)14-11-15(14)17(23)25-2/h3-5,10,14-15H,6-9,11H2,1-2H3,(H,19,24). The second-order valence-electron chi connectivity index (χ2n) is 6.58. The minimum Gasteiger partial charge on any atom is -0.469 e. The topological polar surface area (TPSA) is 79.0 Å². The molecule has 1 aliphatic heterocycles. The van der Waals surface area contributed by atoms with E-state index < -0.39 is 0 Å². The number of ether oxygens (including phenoxy) is 1. The van der Waals surface area contributed by atoms with Gasteiger partial charge >= 0.3 is 12.0 Å². The summed E-state index contributed by atoms with van der Waals surface area (Å²) in [4.78, 5) is 39.6. The molecule has 1 aromatic carbocycles. The number of urea groups is 1. The lowest BCUT2D eigenvalue weighted by atomic mass is 10.2. The monoisotopic (exact) mass is 345 g/mol. The number of hydrogen-bond acceptors (Lipinski definition) is 4. The van der Waals surface area contributed by atoms with Crippen molar-refractivity contribution in [3.05, 3.63) is 29.8 Å². The third kappa shape index (κ3) is 3.92. The first-order valence-corrected chi connectivity index (χ1v) is 8.49. The molecule has 0 bridgehead atoms. The van der Waals surface area contributed by atoms with Gasteiger partial charge in [-0.1, -0.05) is 12.1 Å². The first kappa shape index (κ1) is 17.3. The molecule has 2 atom stereocenters. The number of hydrogen-bond donors (Lipinski definition) is 1. The van der Waals surface area contributed by atoms with E-state index in [0.29, 0.717) is 32.6 Å². The summed E-state index contributed by atoms with van der Waals surface area (Å²) in [5.41, 5.74) is 1.85. The summed E-state index contributed by atoms with van der Waals surface area (Å²) < 4.78 is 4.68. The number of carbonyl (C=O) groups excluding carboxylic acids is 3. The van der Waals surface area contributed by atoms with Crippen LogP contribution >= 0.6 is 0 Å². The third-order valence-corrected chi connectivity index (χ3v) is 4.76. The number of benzene rings is 1. The Kier molecular flexibility index (Phi) is 4.92. The van der Waals surface area contributed by atoms with E-state index in [1.807, 2.05) is 31.2 Å². The minimum absolute atomic E-state index is 0.00542. The molecule has 7 nitrogen and oxygen atoms in total. The van der Waals surface area contributed by atoms with Crippen molar-refractivity contribution < 1.29 is 19.1 Å². The SMILES string of the molecule is COC(=O)C1CC1C(=O)N1CCN(C(=O)Nc2cccc(C)c2)CC1. The molecule has 3 amide bonds. The van der Waals surface area contributed by atoms with Crippen molar-refractivity contribution in [2.45, 2.75) is 13.3 Å². The Morgan fingerprint density at radius 3 is 2.40 bits per heavy atom. The normalized spacial score (nSPS) is 22.3. The molecule has 1 heterocycles. The van der Waals surface area contributed by atoms with Crippen LogP contribution in [0.4, 0.5) is 10.5 Å². The molecule has 1 aromatic rings. The summed E-state index contributed by atoms with van der Waals surface area (Å²) in [6.45, 7) is 3.92. The van der Waals surface area contributed by atoms with Crippen LogP contribution in [0.15, 0.2) is 24.3 Å². The fraction of sp³-hybridized carbons (Fsp3) is 0.500. The molecule has 0 spiro atoms. The maximum absolute atomic E-state index is 12.4. The molecule has 7 heteroatoms. The van der Waals surface area contributed by atoms with Gasteiger partial charge in [0, 0.05) is 31.9 Å². The van der Waals surface area contributed by atoms with Crippen molar-refractivity contribution in [2.75, 3.05) is 38.6 Å². The molecule has 1 saturated carbocycles. The fourth-order valence-electron chi connectivity index (χ4n) is 3.17. The molecule has 3 rings (SSSR count). The summed E-state index contributed by atoms with van der Waals surface area (Å²) >= 11 is 0. The number of amides is 3. The predicted molar refractivity (Wildman–Crippen MR) is 92.0 cm³/mol. The van der Waals surface area contributed by atoms with Crippen LogP contribution in [-0.2, 0) is 14.3 Å². The number of rotatable bonds is 3. The molecule has 1 aliphatic carbocycles. The average molecular weight is 345 g/mol. The van der Waals surface area contributed by atoms with Gasteiger partial charge in [0.1, 0.15) is 0 Å². The Labute approximate surface area is 146 Å². The van der Waals surface area contributed by atoms with Crippen LogP contribution in [-0.4, -0.2) is 61.0 Å². The van der Waals surface area contributed by atoms with E-state index in [0.717, 1.165) is 11.3 Å². The van der Waals surface area contributed by atoms with Crippen molar-refractivity contribution in [1.29, 1.82) is 0 Å². The highest BCUT2D eigenvalue weighted by molar-refractivity contribution is 5.91. The molecule has 0 aromatic heterocycles. The molecule has 2 aliphatic rings. The first-order valence-electron chi connectivity index (χ1n) is 8.49. The number of nitrogens with zero attached hydrogens (tertiary/aromatic N) is 2. The highest BCUT2D eigenvalue weighted by Gasteiger charge is 2.50. The van der Waals surface area contributed by atoms with Gasteiger partial charge in [0.25, 0.3) is 0 Å². The van der Waals surface area contributed by atoms with Crippen molar-refractivity contribution in [2.24, 2.45) is 11.8 Å². The number of methoxy groups -OCH3 is 1. The smallest absolute Gasteiger partial charge is 0.321 e. The van der Waals surface area contributed by atoms with E-state index in [9.17, 15) is 14.4 Å². The fourth-order valence-corrected chi connectivity index (χ4v) is 3.17. The number of anilines is 1. The maximum Gasteiger partial charge on any atom is 0.321 e. The van der Waals surface area contributed by atoms with Gasteiger partial charge in [-0.2, -0.15) is 0 Å². The van der Waals surface area contributed by atoms with E-state index in [4.69, 9.17) is 0 Å². The summed E-state index contributed by atoms with van der Waals surface area (Å²) in [5, 5.41) is 2.88. The van der Waals surface area contributed by atoms with Crippen LogP contribution in [0.5, 0.6) is 0 Å². The Balaban J connectivity index is 1.48. The molecule has 134 valence electrons. The molecular formula is C18H23N3O4. The van der Waals surface area contributed by atoms with Gasteiger partial charge in [0.2, 0.25) is 5.91 Å². The highest BCUT2D eigenvalue weighted by Crippen LogP contribution is 2.40. The van der Waals surface area contributed by atoms with Crippen LogP contribution in [0.2, 0.25) is 0 Å². The lowest BCUT2D eigenvalue weighted by Gasteiger charge is -2.35. The Hall–Kier alpha value is -2.57. The van der Waals surface area contributed by atoms with Gasteiger partial charge in [0.15, 0.2) is 0 Å². The van der Waals surface area contributed by atoms with Crippen molar-refractivity contribution in [1.82, 2.24) is 9.80 Å². The molecule has 25 heavy (non-hydrogen) atoms. The number of esters is 1. The molecule has 2 fully saturated rings. The van der Waals surface area contributed by atoms with E-state index in [1.54, 1.807) is 9.80 Å². The number of carbonyl (C=O) groups is 3. The van der Waals surface area contributed by atoms with Crippen molar-refractivity contribution in [3.63, 3.8) is 0 Å². The molecule has 0 radical (unpaired) electrons. The van der Waals surface area contributed by atoms with Gasteiger partial charge in [0.05, 0.1) is 18.9 Å². The average Bonchev–Trinajstić information content (AvgIpc) is 3.41. The van der Waals surface area contributed by atoms with Gasteiger partial charge in [-0.3, -0.25) is 9.59 Å². The zero-order valence-corrected chi connectivity index (χ0v) is 14.5. The summed E-state index contributed by atoms with van der Waals surface area (Å²) in [7, 11) is 1.34. The van der Waals surface area contributed by atoms with E-state index in [1.165, 1.54) is 7.11 Å². The minimum atomic E-state index is -0.311. The highest BCUT2D eigenvalue weighted by atomic mass is 16.5. The van der Waals surface area contributed by atoms with Crippen LogP contribution < -0.4 is 5.32 Å². The predicted octanol–water partition coefficient (Wildman–Crippen LogP) is 1.48. The molecular weight excluding hydrogens is 322 g/mol. The molecule has 1 N–H and O–H groups in total. The first-order chi connectivity index (χ1) is 12.0. The lowest BCUT2D eigenvalue weighted by molar-refractivity contribution is -0.145. The van der Waals surface area contributed by atoms with Crippen LogP contribution in [0, 0.1) is 18.8 Å². The van der Waals surface area contributed by atoms with Crippen LogP contribution in [0.25, 0.3) is 0 Å². The zero-order valence-electron chi connectivity index (χ0n) is 14.5. The Morgan fingerprint density at radius 2 is 1.76 bits per heavy atom. The number of piperazine rings is 1. The van der Waals surface area contributed by atoms with Crippen LogP contribution in [0.3, 0.4) is 0 Å². The van der Waals surface area contributed by atoms with Gasteiger partial charge < -0.3 is 19.9 Å². The third-order valence-electron chi connectivity index (χ3n) is 4.76. The Bertz CT molecular complexity index is 683. The number of aryl methyl sites for hydroxylation is 1. The van der Waals surface area contributed by atoms with Crippen molar-refractivity contribution in [3.8, 4) is 0 Å². The summed E-state index contributed by atoms with van der Waals surface area (Å²) in [6.07, 6.45) is 0.569. The van der Waals surface area contributed by atoms with Crippen LogP contribution in [0.1, 0.15) is 12.0 Å². The second kappa shape index (κ2) is 7.13. The van der Waals surface area contributed by atoms with Gasteiger partial charge in [-0.25, -0.2) is 4.79 Å². The molecule has 2 unspecified atom stereocenters. The summed E-state index contributed by atoms with van der Waals surface area (Å²) in [5.74, 6) is -0.857. The lowest BCUT2D eigenvalue weighted by Crippen LogP contribution is -2.52. The van der Waals surface area contributed by atoms with Crippen molar-refractivity contribution >= 4 is 23.6 Å². The van der Waals surface area contributed by atoms with E-state index in [2.05, 4.69) is 10.1 Å². The largest absolute Gasteiger partial charge is 0.469 e. The van der Waals surface area contributed by atoms with Gasteiger partial charge in [-0.15, -0.1) is 0 Å². The van der Waals surface area contributed by atoms with Gasteiger partial charge in [-0.05, 0) is 31.0 Å². The van der Waals surface area contributed by atoms with E-state index >= 15 is 0 Å². The summed E-state index contributed by atoms with van der Waals surface area (Å²) in [6, 6.07) is 7.48. The van der Waals surface area contributed by atoms with E-state index in [-0.39, 0.29) is 29.7 Å².